The number of aryl methyl sites for hydroxylation is 2. The van der Waals surface area contributed by atoms with E-state index in [0.717, 1.165) is 22.2 Å². The molecule has 6 nitrogen and oxygen atoms in total. The minimum Gasteiger partial charge on any atom is -0.292 e. The van der Waals surface area contributed by atoms with Crippen molar-refractivity contribution in [3.63, 3.8) is 0 Å². The highest BCUT2D eigenvalue weighted by molar-refractivity contribution is 5.81. The molecule has 0 amide bonds. The molecule has 0 fully saturated rings. The van der Waals surface area contributed by atoms with Crippen molar-refractivity contribution < 1.29 is 0 Å². The predicted molar refractivity (Wildman–Crippen MR) is 97.2 cm³/mol. The molecule has 124 valence electrons. The van der Waals surface area contributed by atoms with Gasteiger partial charge >= 0.3 is 0 Å². The average Bonchev–Trinajstić information content (AvgIpc) is 3.16. The molecule has 0 unspecified atom stereocenters. The lowest BCUT2D eigenvalue weighted by atomic mass is 10.0. The van der Waals surface area contributed by atoms with Crippen molar-refractivity contribution in [3.8, 4) is 22.4 Å². The van der Waals surface area contributed by atoms with E-state index in [0.29, 0.717) is 23.6 Å². The van der Waals surface area contributed by atoms with E-state index in [2.05, 4.69) is 20.2 Å². The predicted octanol–water partition coefficient (Wildman–Crippen LogP) is 3.18. The molecule has 0 saturated heterocycles. The topological polar surface area (TPSA) is 76.5 Å². The lowest BCUT2D eigenvalue weighted by Gasteiger charge is -2.11. The number of H-pyrrole nitrogens is 1. The van der Waals surface area contributed by atoms with Gasteiger partial charge in [0, 0.05) is 29.9 Å². The van der Waals surface area contributed by atoms with E-state index >= 15 is 0 Å². The first kappa shape index (κ1) is 15.3. The summed E-state index contributed by atoms with van der Waals surface area (Å²) in [7, 11) is 0. The van der Waals surface area contributed by atoms with Gasteiger partial charge in [0.05, 0.1) is 5.69 Å². The van der Waals surface area contributed by atoms with E-state index in [-0.39, 0.29) is 5.56 Å². The largest absolute Gasteiger partial charge is 0.292 e. The standard InChI is InChI=1S/C19H17N5O/c1-3-24-18-15(11-20-12(2)22-18)10-16(19(24)25)13-4-6-14(7-5-13)17-8-9-21-23-17/h4-11H,3H2,1-2H3,(H,21,23). The number of benzene rings is 1. The first-order valence-electron chi connectivity index (χ1n) is 8.14. The molecule has 0 atom stereocenters. The molecule has 0 aliphatic rings. The minimum absolute atomic E-state index is 0.0395. The van der Waals surface area contributed by atoms with Crippen LogP contribution in [0, 0.1) is 6.92 Å². The molecule has 0 bridgehead atoms. The summed E-state index contributed by atoms with van der Waals surface area (Å²) >= 11 is 0. The van der Waals surface area contributed by atoms with Gasteiger partial charge in [-0.05, 0) is 37.1 Å². The van der Waals surface area contributed by atoms with Crippen molar-refractivity contribution in [3.05, 3.63) is 65.0 Å². The SMILES string of the molecule is CCn1c(=O)c(-c2ccc(-c3ccn[nH]3)cc2)cc2cnc(C)nc21. The third-order valence-electron chi connectivity index (χ3n) is 4.27. The second-order valence-corrected chi connectivity index (χ2v) is 5.85. The van der Waals surface area contributed by atoms with Gasteiger partial charge in [-0.3, -0.25) is 14.5 Å². The summed E-state index contributed by atoms with van der Waals surface area (Å²) in [6, 6.07) is 11.6. The molecule has 25 heavy (non-hydrogen) atoms. The normalized spacial score (nSPS) is 11.1. The number of aromatic nitrogens is 5. The van der Waals surface area contributed by atoms with Crippen LogP contribution in [0.1, 0.15) is 12.7 Å². The number of nitrogens with one attached hydrogen (secondary N) is 1. The Hall–Kier alpha value is -3.28. The smallest absolute Gasteiger partial charge is 0.260 e. The Bertz CT molecular complexity index is 1100. The number of aromatic amines is 1. The van der Waals surface area contributed by atoms with Crippen molar-refractivity contribution >= 4 is 11.0 Å². The molecule has 0 aliphatic carbocycles. The third-order valence-corrected chi connectivity index (χ3v) is 4.27. The van der Waals surface area contributed by atoms with E-state index in [1.165, 1.54) is 0 Å². The number of hydrogen-bond acceptors (Lipinski definition) is 4. The summed E-state index contributed by atoms with van der Waals surface area (Å²) in [5, 5.41) is 7.77. The molecule has 1 N–H and O–H groups in total. The number of rotatable bonds is 3. The third kappa shape index (κ3) is 2.61. The van der Waals surface area contributed by atoms with E-state index in [1.54, 1.807) is 17.0 Å². The molecule has 0 radical (unpaired) electrons. The molecule has 1 aromatic carbocycles. The van der Waals surface area contributed by atoms with Crippen LogP contribution in [-0.4, -0.2) is 24.7 Å². The van der Waals surface area contributed by atoms with Crippen molar-refractivity contribution in [2.45, 2.75) is 20.4 Å². The maximum Gasteiger partial charge on any atom is 0.260 e. The summed E-state index contributed by atoms with van der Waals surface area (Å²) in [4.78, 5) is 21.6. The van der Waals surface area contributed by atoms with Crippen LogP contribution in [0.2, 0.25) is 0 Å². The maximum atomic E-state index is 12.9. The number of fused-ring (bicyclic) bond motifs is 1. The minimum atomic E-state index is -0.0395. The highest BCUT2D eigenvalue weighted by Crippen LogP contribution is 2.23. The quantitative estimate of drug-likeness (QED) is 0.625. The van der Waals surface area contributed by atoms with E-state index in [4.69, 9.17) is 0 Å². The summed E-state index contributed by atoms with van der Waals surface area (Å²) < 4.78 is 1.70. The second kappa shape index (κ2) is 5.98. The van der Waals surface area contributed by atoms with Gasteiger partial charge in [-0.25, -0.2) is 9.97 Å². The van der Waals surface area contributed by atoms with Crippen molar-refractivity contribution in [1.29, 1.82) is 0 Å². The van der Waals surface area contributed by atoms with Gasteiger partial charge in [0.15, 0.2) is 0 Å². The first-order chi connectivity index (χ1) is 12.2. The lowest BCUT2D eigenvalue weighted by Crippen LogP contribution is -2.22. The Morgan fingerprint density at radius 2 is 1.88 bits per heavy atom. The van der Waals surface area contributed by atoms with Crippen molar-refractivity contribution in [2.75, 3.05) is 0 Å². The van der Waals surface area contributed by atoms with Gasteiger partial charge in [0.2, 0.25) is 0 Å². The van der Waals surface area contributed by atoms with E-state index in [1.807, 2.05) is 50.2 Å². The van der Waals surface area contributed by atoms with Crippen LogP contribution < -0.4 is 5.56 Å². The lowest BCUT2D eigenvalue weighted by molar-refractivity contribution is 0.748. The van der Waals surface area contributed by atoms with Gasteiger partial charge < -0.3 is 0 Å². The molecule has 3 heterocycles. The fourth-order valence-electron chi connectivity index (χ4n) is 2.99. The molecule has 0 saturated carbocycles. The molecule has 0 spiro atoms. The Morgan fingerprint density at radius 1 is 1.12 bits per heavy atom. The van der Waals surface area contributed by atoms with Crippen LogP contribution in [-0.2, 0) is 6.54 Å². The zero-order valence-electron chi connectivity index (χ0n) is 14.0. The number of hydrogen-bond donors (Lipinski definition) is 1. The molecule has 0 aliphatic heterocycles. The molecular weight excluding hydrogens is 314 g/mol. The van der Waals surface area contributed by atoms with Crippen LogP contribution in [0.4, 0.5) is 0 Å². The molecule has 4 aromatic rings. The molecule has 4 rings (SSSR count). The van der Waals surface area contributed by atoms with Crippen LogP contribution >= 0.6 is 0 Å². The Morgan fingerprint density at radius 3 is 2.56 bits per heavy atom. The first-order valence-corrected chi connectivity index (χ1v) is 8.14. The van der Waals surface area contributed by atoms with Crippen LogP contribution in [0.15, 0.2) is 53.6 Å². The fourth-order valence-corrected chi connectivity index (χ4v) is 2.99. The van der Waals surface area contributed by atoms with Gasteiger partial charge in [0.25, 0.3) is 5.56 Å². The highest BCUT2D eigenvalue weighted by atomic mass is 16.1. The number of nitrogens with zero attached hydrogens (tertiary/aromatic N) is 4. The summed E-state index contributed by atoms with van der Waals surface area (Å²) in [6.07, 6.45) is 3.49. The average molecular weight is 331 g/mol. The van der Waals surface area contributed by atoms with Crippen LogP contribution in [0.25, 0.3) is 33.4 Å². The molecule has 6 heteroatoms. The maximum absolute atomic E-state index is 12.9. The second-order valence-electron chi connectivity index (χ2n) is 5.85. The molecule has 3 aromatic heterocycles. The summed E-state index contributed by atoms with van der Waals surface area (Å²) in [5.41, 5.74) is 4.13. The Labute approximate surface area is 144 Å². The van der Waals surface area contributed by atoms with Gasteiger partial charge in [-0.2, -0.15) is 5.10 Å². The van der Waals surface area contributed by atoms with Gasteiger partial charge in [0.1, 0.15) is 11.5 Å². The monoisotopic (exact) mass is 331 g/mol. The van der Waals surface area contributed by atoms with Crippen molar-refractivity contribution in [1.82, 2.24) is 24.7 Å². The zero-order valence-corrected chi connectivity index (χ0v) is 14.0. The highest BCUT2D eigenvalue weighted by Gasteiger charge is 2.12. The van der Waals surface area contributed by atoms with Crippen LogP contribution in [0.3, 0.4) is 0 Å². The number of pyridine rings is 1. The van der Waals surface area contributed by atoms with Gasteiger partial charge in [-0.15, -0.1) is 0 Å². The van der Waals surface area contributed by atoms with E-state index in [9.17, 15) is 4.79 Å². The zero-order chi connectivity index (χ0) is 17.4. The van der Waals surface area contributed by atoms with Crippen molar-refractivity contribution in [2.24, 2.45) is 0 Å². The fraction of sp³-hybridized carbons (Fsp3) is 0.158. The van der Waals surface area contributed by atoms with E-state index < -0.39 is 0 Å². The van der Waals surface area contributed by atoms with Gasteiger partial charge in [-0.1, -0.05) is 24.3 Å². The molecular formula is C19H17N5O. The summed E-state index contributed by atoms with van der Waals surface area (Å²) in [5.74, 6) is 0.658. The Balaban J connectivity index is 1.88. The Kier molecular flexibility index (Phi) is 3.65. The summed E-state index contributed by atoms with van der Waals surface area (Å²) in [6.45, 7) is 4.33. The van der Waals surface area contributed by atoms with Crippen LogP contribution in [0.5, 0.6) is 0 Å².